The summed E-state index contributed by atoms with van der Waals surface area (Å²) in [6.07, 6.45) is 5.33. The Labute approximate surface area is 152 Å². The number of aromatic nitrogens is 1. The van der Waals surface area contributed by atoms with Gasteiger partial charge in [-0.15, -0.1) is 0 Å². The molecule has 0 spiro atoms. The molecule has 2 aromatic heterocycles. The van der Waals surface area contributed by atoms with Crippen LogP contribution < -0.4 is 10.6 Å². The van der Waals surface area contributed by atoms with E-state index in [-0.39, 0.29) is 17.5 Å². The van der Waals surface area contributed by atoms with Crippen molar-refractivity contribution in [2.75, 3.05) is 7.05 Å². The molecule has 0 aliphatic carbocycles. The van der Waals surface area contributed by atoms with Crippen molar-refractivity contribution in [3.8, 4) is 0 Å². The van der Waals surface area contributed by atoms with Gasteiger partial charge in [0.15, 0.2) is 0 Å². The molecule has 0 saturated heterocycles. The average Bonchev–Trinajstić information content (AvgIpc) is 2.97. The van der Waals surface area contributed by atoms with E-state index in [4.69, 9.17) is 4.42 Å². The summed E-state index contributed by atoms with van der Waals surface area (Å²) in [5, 5.41) is 5.07. The van der Waals surface area contributed by atoms with Crippen molar-refractivity contribution >= 4 is 24.2 Å². The number of furan rings is 1. The maximum Gasteiger partial charge on any atom is 0.269 e. The van der Waals surface area contributed by atoms with E-state index < -0.39 is 0 Å². The summed E-state index contributed by atoms with van der Waals surface area (Å²) in [6.45, 7) is 5.77. The van der Waals surface area contributed by atoms with Gasteiger partial charge in [-0.25, -0.2) is 4.99 Å². The van der Waals surface area contributed by atoms with E-state index >= 15 is 0 Å². The van der Waals surface area contributed by atoms with Gasteiger partial charge in [0.2, 0.25) is 0 Å². The number of nitrogens with one attached hydrogen (secondary N) is 2. The topological polar surface area (TPSA) is 96.6 Å². The predicted molar refractivity (Wildman–Crippen MR) is 100 cm³/mol. The number of aryl methyl sites for hydroxylation is 2. The van der Waals surface area contributed by atoms with Crippen molar-refractivity contribution in [1.82, 2.24) is 15.6 Å². The van der Waals surface area contributed by atoms with Gasteiger partial charge in [0.05, 0.1) is 11.9 Å². The number of rotatable bonds is 6. The summed E-state index contributed by atoms with van der Waals surface area (Å²) in [4.78, 5) is 31.8. The number of amides is 2. The molecule has 0 atom stereocenters. The fourth-order valence-electron chi connectivity index (χ4n) is 2.25. The third-order valence-corrected chi connectivity index (χ3v) is 3.68. The van der Waals surface area contributed by atoms with Gasteiger partial charge in [-0.1, -0.05) is 6.92 Å². The first kappa shape index (κ1) is 19.1. The van der Waals surface area contributed by atoms with Crippen molar-refractivity contribution in [3.63, 3.8) is 0 Å². The zero-order valence-corrected chi connectivity index (χ0v) is 15.3. The molecular formula is C19H22N4O3. The van der Waals surface area contributed by atoms with Crippen LogP contribution in [-0.4, -0.2) is 30.2 Å². The van der Waals surface area contributed by atoms with Gasteiger partial charge in [-0.05, 0) is 44.5 Å². The van der Waals surface area contributed by atoms with Crippen LogP contribution in [0.1, 0.15) is 51.3 Å². The van der Waals surface area contributed by atoms with Crippen LogP contribution in [0.5, 0.6) is 0 Å². The first-order valence-corrected chi connectivity index (χ1v) is 8.23. The summed E-state index contributed by atoms with van der Waals surface area (Å²) in [6, 6.07) is 4.97. The molecular weight excluding hydrogens is 332 g/mol. The molecule has 2 aromatic rings. The summed E-state index contributed by atoms with van der Waals surface area (Å²) < 4.78 is 5.49. The van der Waals surface area contributed by atoms with Gasteiger partial charge in [-0.3, -0.25) is 14.6 Å². The van der Waals surface area contributed by atoms with Gasteiger partial charge in [0, 0.05) is 24.5 Å². The minimum atomic E-state index is -0.351. The predicted octanol–water partition coefficient (Wildman–Crippen LogP) is 2.86. The third kappa shape index (κ3) is 4.89. The van der Waals surface area contributed by atoms with E-state index in [0.717, 1.165) is 22.8 Å². The van der Waals surface area contributed by atoms with Crippen LogP contribution in [-0.2, 0) is 0 Å². The van der Waals surface area contributed by atoms with Gasteiger partial charge in [0.1, 0.15) is 17.2 Å². The second kappa shape index (κ2) is 8.75. The van der Waals surface area contributed by atoms with Gasteiger partial charge in [0.25, 0.3) is 11.8 Å². The molecule has 0 unspecified atom stereocenters. The van der Waals surface area contributed by atoms with Crippen molar-refractivity contribution in [2.24, 2.45) is 4.99 Å². The molecule has 2 N–H and O–H groups in total. The molecule has 2 heterocycles. The normalized spacial score (nSPS) is 11.6. The first-order valence-electron chi connectivity index (χ1n) is 8.23. The number of hydrogen-bond acceptors (Lipinski definition) is 5. The number of hydrogen-bond donors (Lipinski definition) is 2. The summed E-state index contributed by atoms with van der Waals surface area (Å²) in [5.74, 6) is 1.01. The number of carbonyl (C=O) groups excluding carboxylic acids is 2. The zero-order valence-electron chi connectivity index (χ0n) is 15.3. The monoisotopic (exact) mass is 354 g/mol. The lowest BCUT2D eigenvalue weighted by Gasteiger charge is -2.02. The van der Waals surface area contributed by atoms with E-state index in [1.807, 2.05) is 32.9 Å². The number of aliphatic imine (C=N–C) groups is 1. The van der Waals surface area contributed by atoms with E-state index in [1.165, 1.54) is 31.7 Å². The molecule has 2 rings (SSSR count). The second-order valence-corrected chi connectivity index (χ2v) is 5.60. The van der Waals surface area contributed by atoms with E-state index in [1.54, 1.807) is 0 Å². The average molecular weight is 354 g/mol. The Morgan fingerprint density at radius 3 is 2.58 bits per heavy atom. The highest BCUT2D eigenvalue weighted by molar-refractivity contribution is 6.01. The molecule has 0 aromatic carbocycles. The summed E-state index contributed by atoms with van der Waals surface area (Å²) in [5.41, 5.74) is 2.37. The van der Waals surface area contributed by atoms with Crippen LogP contribution >= 0.6 is 0 Å². The molecule has 0 aliphatic heterocycles. The molecule has 136 valence electrons. The molecule has 7 heteroatoms. The smallest absolute Gasteiger partial charge is 0.269 e. The van der Waals surface area contributed by atoms with Gasteiger partial charge >= 0.3 is 0 Å². The quantitative estimate of drug-likeness (QED) is 0.616. The highest BCUT2D eigenvalue weighted by Crippen LogP contribution is 2.18. The highest BCUT2D eigenvalue weighted by atomic mass is 16.3. The Kier molecular flexibility index (Phi) is 6.43. The maximum atomic E-state index is 12.1. The molecule has 0 fully saturated rings. The van der Waals surface area contributed by atoms with Gasteiger partial charge < -0.3 is 15.1 Å². The maximum absolute atomic E-state index is 12.1. The number of carbonyl (C=O) groups is 2. The van der Waals surface area contributed by atoms with E-state index in [0.29, 0.717) is 12.0 Å². The van der Waals surface area contributed by atoms with Crippen molar-refractivity contribution in [3.05, 3.63) is 58.4 Å². The van der Waals surface area contributed by atoms with Crippen LogP contribution in [0.25, 0.3) is 6.08 Å². The first-order chi connectivity index (χ1) is 12.4. The van der Waals surface area contributed by atoms with Crippen LogP contribution in [0.2, 0.25) is 0 Å². The fraction of sp³-hybridized carbons (Fsp3) is 0.263. The largest absolute Gasteiger partial charge is 0.466 e. The third-order valence-electron chi connectivity index (χ3n) is 3.68. The number of nitrogens with zero attached hydrogens (tertiary/aromatic N) is 2. The Bertz CT molecular complexity index is 848. The van der Waals surface area contributed by atoms with E-state index in [2.05, 4.69) is 20.6 Å². The SMILES string of the molecule is CC/C(=C\c1cc(C)oc1C)N=CNC(=O)c1ccc(C(=O)NC)nc1. The van der Waals surface area contributed by atoms with Crippen LogP contribution in [0.15, 0.2) is 39.5 Å². The number of allylic oxidation sites excluding steroid dienone is 1. The van der Waals surface area contributed by atoms with Crippen molar-refractivity contribution in [2.45, 2.75) is 27.2 Å². The summed E-state index contributed by atoms with van der Waals surface area (Å²) >= 11 is 0. The molecule has 0 saturated carbocycles. The summed E-state index contributed by atoms with van der Waals surface area (Å²) in [7, 11) is 1.52. The molecule has 2 amide bonds. The Hall–Kier alpha value is -3.22. The fourth-order valence-corrected chi connectivity index (χ4v) is 2.25. The lowest BCUT2D eigenvalue weighted by atomic mass is 10.2. The second-order valence-electron chi connectivity index (χ2n) is 5.60. The molecule has 0 radical (unpaired) electrons. The Balaban J connectivity index is 2.02. The molecule has 26 heavy (non-hydrogen) atoms. The Morgan fingerprint density at radius 2 is 2.04 bits per heavy atom. The minimum absolute atomic E-state index is 0.250. The zero-order chi connectivity index (χ0) is 19.1. The molecule has 7 nitrogen and oxygen atoms in total. The molecule has 0 aliphatic rings. The van der Waals surface area contributed by atoms with Gasteiger partial charge in [-0.2, -0.15) is 0 Å². The Morgan fingerprint density at radius 1 is 1.27 bits per heavy atom. The number of pyridine rings is 1. The van der Waals surface area contributed by atoms with E-state index in [9.17, 15) is 9.59 Å². The highest BCUT2D eigenvalue weighted by Gasteiger charge is 2.08. The lowest BCUT2D eigenvalue weighted by Crippen LogP contribution is -2.23. The standard InChI is InChI=1S/C19H22N4O3/c1-5-16(9-15-8-12(2)26-13(15)3)22-11-23-18(24)14-6-7-17(21-10-14)19(25)20-4/h6-11H,5H2,1-4H3,(H,20,25)(H,22,23,24)/b16-9+. The minimum Gasteiger partial charge on any atom is -0.466 e. The van der Waals surface area contributed by atoms with Crippen LogP contribution in [0.4, 0.5) is 0 Å². The van der Waals surface area contributed by atoms with Crippen molar-refractivity contribution in [1.29, 1.82) is 0 Å². The van der Waals surface area contributed by atoms with Crippen molar-refractivity contribution < 1.29 is 14.0 Å². The van der Waals surface area contributed by atoms with Crippen LogP contribution in [0.3, 0.4) is 0 Å². The molecule has 0 bridgehead atoms. The van der Waals surface area contributed by atoms with Crippen LogP contribution in [0, 0.1) is 13.8 Å². The lowest BCUT2D eigenvalue weighted by molar-refractivity contribution is 0.0951.